The van der Waals surface area contributed by atoms with Crippen molar-refractivity contribution in [2.75, 3.05) is 13.2 Å². The van der Waals surface area contributed by atoms with Gasteiger partial charge in [0.2, 0.25) is 0 Å². The second-order valence-electron chi connectivity index (χ2n) is 7.72. The van der Waals surface area contributed by atoms with Crippen LogP contribution in [0.5, 0.6) is 0 Å². The lowest BCUT2D eigenvalue weighted by Gasteiger charge is -2.37. The first-order valence-electron chi connectivity index (χ1n) is 8.79. The SMILES string of the molecule is CC(C)=CC(C)(C(=O)OCCOC(=O)/C=C/c1ccccc1)C(C)(C)C. The zero-order valence-electron chi connectivity index (χ0n) is 16.7. The summed E-state index contributed by atoms with van der Waals surface area (Å²) in [5.41, 5.74) is 0.926. The molecule has 0 saturated heterocycles. The zero-order chi connectivity index (χ0) is 19.8. The van der Waals surface area contributed by atoms with Crippen molar-refractivity contribution in [1.29, 1.82) is 0 Å². The molecule has 0 aliphatic heterocycles. The van der Waals surface area contributed by atoms with E-state index in [1.54, 1.807) is 6.08 Å². The predicted octanol–water partition coefficient (Wildman–Crippen LogP) is 4.80. The molecule has 0 aliphatic carbocycles. The van der Waals surface area contributed by atoms with Crippen LogP contribution >= 0.6 is 0 Å². The second-order valence-corrected chi connectivity index (χ2v) is 7.72. The monoisotopic (exact) mass is 358 g/mol. The highest BCUT2D eigenvalue weighted by atomic mass is 16.6. The molecule has 0 saturated carbocycles. The maximum absolute atomic E-state index is 12.6. The van der Waals surface area contributed by atoms with Crippen molar-refractivity contribution in [2.45, 2.75) is 41.5 Å². The minimum Gasteiger partial charge on any atom is -0.461 e. The Labute approximate surface area is 156 Å². The van der Waals surface area contributed by atoms with Crippen LogP contribution < -0.4 is 0 Å². The Morgan fingerprint density at radius 3 is 2.08 bits per heavy atom. The minimum atomic E-state index is -0.747. The van der Waals surface area contributed by atoms with Gasteiger partial charge < -0.3 is 9.47 Å². The van der Waals surface area contributed by atoms with E-state index in [0.717, 1.165) is 11.1 Å². The van der Waals surface area contributed by atoms with E-state index in [4.69, 9.17) is 9.47 Å². The molecule has 1 unspecified atom stereocenters. The van der Waals surface area contributed by atoms with Crippen LogP contribution in [0.4, 0.5) is 0 Å². The van der Waals surface area contributed by atoms with Gasteiger partial charge in [0.1, 0.15) is 13.2 Å². The Kier molecular flexibility index (Phi) is 7.81. The van der Waals surface area contributed by atoms with Gasteiger partial charge in [0.05, 0.1) is 5.41 Å². The lowest BCUT2D eigenvalue weighted by atomic mass is 9.67. The normalized spacial score (nSPS) is 13.8. The number of ether oxygens (including phenoxy) is 2. The molecule has 0 aromatic heterocycles. The van der Waals surface area contributed by atoms with E-state index in [0.29, 0.717) is 0 Å². The number of carbonyl (C=O) groups excluding carboxylic acids is 2. The molecule has 4 heteroatoms. The number of allylic oxidation sites excluding steroid dienone is 1. The smallest absolute Gasteiger partial charge is 0.330 e. The van der Waals surface area contributed by atoms with E-state index in [1.165, 1.54) is 6.08 Å². The van der Waals surface area contributed by atoms with Crippen molar-refractivity contribution in [3.8, 4) is 0 Å². The molecule has 4 nitrogen and oxygen atoms in total. The summed E-state index contributed by atoms with van der Waals surface area (Å²) in [6.07, 6.45) is 4.98. The van der Waals surface area contributed by atoms with Crippen LogP contribution in [0.2, 0.25) is 0 Å². The molecule has 0 heterocycles. The predicted molar refractivity (Wildman–Crippen MR) is 104 cm³/mol. The van der Waals surface area contributed by atoms with E-state index in [-0.39, 0.29) is 24.6 Å². The first-order valence-corrected chi connectivity index (χ1v) is 8.79. The summed E-state index contributed by atoms with van der Waals surface area (Å²) in [4.78, 5) is 24.3. The fourth-order valence-electron chi connectivity index (χ4n) is 2.36. The molecule has 142 valence electrons. The standard InChI is InChI=1S/C22H30O4/c1-17(2)16-22(6,21(3,4)5)20(24)26-15-14-25-19(23)13-12-18-10-8-7-9-11-18/h7-13,16H,14-15H2,1-6H3/b13-12+. The van der Waals surface area contributed by atoms with Crippen LogP contribution in [0.15, 0.2) is 48.1 Å². The fourth-order valence-corrected chi connectivity index (χ4v) is 2.36. The molecule has 1 rings (SSSR count). The highest BCUT2D eigenvalue weighted by Crippen LogP contribution is 2.41. The molecule has 0 radical (unpaired) electrons. The number of carbonyl (C=O) groups is 2. The molecule has 0 spiro atoms. The van der Waals surface area contributed by atoms with Crippen molar-refractivity contribution in [3.05, 3.63) is 53.6 Å². The van der Waals surface area contributed by atoms with E-state index in [9.17, 15) is 9.59 Å². The highest BCUT2D eigenvalue weighted by Gasteiger charge is 2.43. The molecule has 0 N–H and O–H groups in total. The maximum Gasteiger partial charge on any atom is 0.330 e. The lowest BCUT2D eigenvalue weighted by Crippen LogP contribution is -2.40. The van der Waals surface area contributed by atoms with Gasteiger partial charge in [-0.3, -0.25) is 4.79 Å². The minimum absolute atomic E-state index is 0.0265. The Bertz CT molecular complexity index is 661. The van der Waals surface area contributed by atoms with Crippen molar-refractivity contribution < 1.29 is 19.1 Å². The number of benzene rings is 1. The molecular formula is C22H30O4. The molecule has 1 atom stereocenters. The molecule has 0 aliphatic rings. The third-order valence-electron chi connectivity index (χ3n) is 4.33. The Hall–Kier alpha value is -2.36. The number of esters is 2. The summed E-state index contributed by atoms with van der Waals surface area (Å²) in [5.74, 6) is -0.783. The summed E-state index contributed by atoms with van der Waals surface area (Å²) in [6.45, 7) is 11.9. The highest BCUT2D eigenvalue weighted by molar-refractivity contribution is 5.87. The summed E-state index contributed by atoms with van der Waals surface area (Å²) in [6, 6.07) is 9.47. The first kappa shape index (κ1) is 21.7. The summed E-state index contributed by atoms with van der Waals surface area (Å²) in [5, 5.41) is 0. The number of hydrogen-bond donors (Lipinski definition) is 0. The Balaban J connectivity index is 2.51. The van der Waals surface area contributed by atoms with Gasteiger partial charge in [-0.1, -0.05) is 62.8 Å². The number of rotatable bonds is 7. The van der Waals surface area contributed by atoms with Gasteiger partial charge in [0.15, 0.2) is 0 Å². The van der Waals surface area contributed by atoms with E-state index in [1.807, 2.05) is 78.0 Å². The van der Waals surface area contributed by atoms with Gasteiger partial charge in [-0.05, 0) is 37.8 Å². The first-order chi connectivity index (χ1) is 12.1. The number of hydrogen-bond acceptors (Lipinski definition) is 4. The topological polar surface area (TPSA) is 52.6 Å². The molecule has 26 heavy (non-hydrogen) atoms. The van der Waals surface area contributed by atoms with Crippen molar-refractivity contribution in [2.24, 2.45) is 10.8 Å². The zero-order valence-corrected chi connectivity index (χ0v) is 16.7. The van der Waals surface area contributed by atoms with E-state index < -0.39 is 11.4 Å². The molecule has 1 aromatic carbocycles. The van der Waals surface area contributed by atoms with Gasteiger partial charge in [-0.2, -0.15) is 0 Å². The lowest BCUT2D eigenvalue weighted by molar-refractivity contribution is -0.161. The van der Waals surface area contributed by atoms with E-state index in [2.05, 4.69) is 0 Å². The Morgan fingerprint density at radius 2 is 1.54 bits per heavy atom. The molecule has 0 bridgehead atoms. The van der Waals surface area contributed by atoms with Crippen LogP contribution in [0, 0.1) is 10.8 Å². The van der Waals surface area contributed by atoms with E-state index >= 15 is 0 Å². The van der Waals surface area contributed by atoms with Gasteiger partial charge in [-0.15, -0.1) is 0 Å². The summed E-state index contributed by atoms with van der Waals surface area (Å²) >= 11 is 0. The van der Waals surface area contributed by atoms with Gasteiger partial charge in [0.25, 0.3) is 0 Å². The van der Waals surface area contributed by atoms with Crippen LogP contribution in [-0.2, 0) is 19.1 Å². The van der Waals surface area contributed by atoms with Crippen LogP contribution in [0.25, 0.3) is 6.08 Å². The van der Waals surface area contributed by atoms with Gasteiger partial charge in [0, 0.05) is 6.08 Å². The van der Waals surface area contributed by atoms with Crippen molar-refractivity contribution >= 4 is 18.0 Å². The molecule has 1 aromatic rings. The van der Waals surface area contributed by atoms with Crippen molar-refractivity contribution in [3.63, 3.8) is 0 Å². The molecule has 0 amide bonds. The quantitative estimate of drug-likeness (QED) is 0.304. The van der Waals surface area contributed by atoms with Crippen LogP contribution in [0.3, 0.4) is 0 Å². The van der Waals surface area contributed by atoms with Crippen molar-refractivity contribution in [1.82, 2.24) is 0 Å². The fraction of sp³-hybridized carbons (Fsp3) is 0.455. The third kappa shape index (κ3) is 6.51. The average Bonchev–Trinajstić information content (AvgIpc) is 2.56. The van der Waals surface area contributed by atoms with Crippen LogP contribution in [0.1, 0.15) is 47.1 Å². The Morgan fingerprint density at radius 1 is 0.962 bits per heavy atom. The maximum atomic E-state index is 12.6. The average molecular weight is 358 g/mol. The third-order valence-corrected chi connectivity index (χ3v) is 4.33. The second kappa shape index (κ2) is 9.37. The largest absolute Gasteiger partial charge is 0.461 e. The summed E-state index contributed by atoms with van der Waals surface area (Å²) in [7, 11) is 0. The molecule has 0 fully saturated rings. The van der Waals surface area contributed by atoms with Gasteiger partial charge in [-0.25, -0.2) is 4.79 Å². The van der Waals surface area contributed by atoms with Gasteiger partial charge >= 0.3 is 11.9 Å². The summed E-state index contributed by atoms with van der Waals surface area (Å²) < 4.78 is 10.4. The molecular weight excluding hydrogens is 328 g/mol. The van der Waals surface area contributed by atoms with Crippen LogP contribution in [-0.4, -0.2) is 25.2 Å².